The topological polar surface area (TPSA) is 26.5 Å². The highest BCUT2D eigenvalue weighted by Gasteiger charge is 2.35. The molecule has 0 fully saturated rings. The summed E-state index contributed by atoms with van der Waals surface area (Å²) < 4.78 is 8.50. The van der Waals surface area contributed by atoms with Gasteiger partial charge in [0.2, 0.25) is 5.88 Å². The van der Waals surface area contributed by atoms with Gasteiger partial charge in [-0.25, -0.2) is 4.98 Å². The van der Waals surface area contributed by atoms with E-state index in [1.165, 1.54) is 26.9 Å². The van der Waals surface area contributed by atoms with E-state index in [2.05, 4.69) is 64.9 Å². The molecule has 0 saturated heterocycles. The third kappa shape index (κ3) is 1.26. The number of hydrogen-bond donors (Lipinski definition) is 0. The first-order chi connectivity index (χ1) is 10.2. The normalized spacial score (nSPS) is 15.9. The second-order valence-electron chi connectivity index (χ2n) is 6.12. The van der Waals surface area contributed by atoms with Gasteiger partial charge in [0.15, 0.2) is 0 Å². The lowest BCUT2D eigenvalue weighted by Gasteiger charge is -2.30. The second kappa shape index (κ2) is 3.46. The van der Waals surface area contributed by atoms with Crippen LogP contribution in [0.25, 0.3) is 27.3 Å². The molecule has 0 spiro atoms. The number of hydrogen-bond acceptors (Lipinski definition) is 2. The highest BCUT2D eigenvalue weighted by atomic mass is 28.4. The molecule has 3 heterocycles. The van der Waals surface area contributed by atoms with Crippen LogP contribution >= 0.6 is 0 Å². The van der Waals surface area contributed by atoms with Crippen molar-refractivity contribution in [2.45, 2.75) is 13.1 Å². The third-order valence-corrected chi connectivity index (χ3v) is 6.88. The Morgan fingerprint density at radius 1 is 0.952 bits per heavy atom. The van der Waals surface area contributed by atoms with Gasteiger partial charge in [0.1, 0.15) is 5.65 Å². The molecule has 0 N–H and O–H groups in total. The van der Waals surface area contributed by atoms with Crippen LogP contribution in [0.4, 0.5) is 0 Å². The molecule has 0 unspecified atom stereocenters. The van der Waals surface area contributed by atoms with Gasteiger partial charge in [0, 0.05) is 16.0 Å². The fourth-order valence-corrected chi connectivity index (χ4v) is 5.62. The Hall–Kier alpha value is -2.33. The van der Waals surface area contributed by atoms with Gasteiger partial charge in [-0.05, 0) is 18.5 Å². The number of imidazole rings is 1. The summed E-state index contributed by atoms with van der Waals surface area (Å²) in [6.45, 7) is 4.50. The van der Waals surface area contributed by atoms with Gasteiger partial charge in [-0.2, -0.15) is 0 Å². The average Bonchev–Trinajstić information content (AvgIpc) is 2.90. The van der Waals surface area contributed by atoms with Gasteiger partial charge in [-0.3, -0.25) is 4.40 Å². The number of rotatable bonds is 0. The summed E-state index contributed by atoms with van der Waals surface area (Å²) in [5, 5.41) is 5.09. The average molecular weight is 290 g/mol. The van der Waals surface area contributed by atoms with E-state index in [0.29, 0.717) is 0 Å². The molecule has 102 valence electrons. The maximum Gasteiger partial charge on any atom is 0.281 e. The zero-order chi connectivity index (χ0) is 14.2. The zero-order valence-corrected chi connectivity index (χ0v) is 12.9. The predicted octanol–water partition coefficient (Wildman–Crippen LogP) is 3.45. The van der Waals surface area contributed by atoms with E-state index in [9.17, 15) is 0 Å². The van der Waals surface area contributed by atoms with Crippen LogP contribution in [-0.2, 0) is 0 Å². The Balaban J connectivity index is 2.22. The second-order valence-corrected chi connectivity index (χ2v) is 9.88. The van der Waals surface area contributed by atoms with Gasteiger partial charge >= 0.3 is 0 Å². The first kappa shape index (κ1) is 11.3. The lowest BCUT2D eigenvalue weighted by atomic mass is 10.1. The van der Waals surface area contributed by atoms with Crippen LogP contribution in [0.2, 0.25) is 13.1 Å². The summed E-state index contributed by atoms with van der Waals surface area (Å²) >= 11 is 0. The quantitative estimate of drug-likeness (QED) is 0.366. The zero-order valence-electron chi connectivity index (χ0n) is 11.9. The molecular weight excluding hydrogens is 276 g/mol. The van der Waals surface area contributed by atoms with Crippen molar-refractivity contribution in [3.63, 3.8) is 0 Å². The molecule has 1 aliphatic rings. The summed E-state index contributed by atoms with van der Waals surface area (Å²) in [4.78, 5) is 4.63. The Morgan fingerprint density at radius 2 is 1.71 bits per heavy atom. The van der Waals surface area contributed by atoms with Crippen LogP contribution in [0.5, 0.6) is 5.88 Å². The summed E-state index contributed by atoms with van der Waals surface area (Å²) in [7, 11) is -1.93. The maximum absolute atomic E-state index is 6.31. The van der Waals surface area contributed by atoms with Crippen molar-refractivity contribution in [1.29, 1.82) is 0 Å². The summed E-state index contributed by atoms with van der Waals surface area (Å²) in [6, 6.07) is 15.1. The van der Waals surface area contributed by atoms with Crippen LogP contribution < -0.4 is 9.61 Å². The number of fused-ring (bicyclic) bond motifs is 3. The Kier molecular flexibility index (Phi) is 1.87. The van der Waals surface area contributed by atoms with E-state index in [4.69, 9.17) is 4.43 Å². The molecule has 0 saturated carbocycles. The molecule has 0 amide bonds. The maximum atomic E-state index is 6.31. The molecule has 2 aromatic carbocycles. The molecule has 2 aromatic heterocycles. The minimum atomic E-state index is -1.93. The lowest BCUT2D eigenvalue weighted by molar-refractivity contribution is 0.532. The molecule has 0 aliphatic carbocycles. The molecule has 3 nitrogen and oxygen atoms in total. The molecule has 0 bridgehead atoms. The number of pyridine rings is 1. The number of benzene rings is 2. The molecule has 0 atom stereocenters. The van der Waals surface area contributed by atoms with E-state index >= 15 is 0 Å². The fraction of sp³-hybridized carbons (Fsp3) is 0.118. The number of para-hydroxylation sites is 1. The molecular formula is C17H14N2OSi. The van der Waals surface area contributed by atoms with Crippen LogP contribution in [-0.4, -0.2) is 17.7 Å². The predicted molar refractivity (Wildman–Crippen MR) is 87.9 cm³/mol. The van der Waals surface area contributed by atoms with E-state index in [-0.39, 0.29) is 0 Å². The van der Waals surface area contributed by atoms with Crippen molar-refractivity contribution < 1.29 is 4.43 Å². The van der Waals surface area contributed by atoms with E-state index < -0.39 is 8.32 Å². The van der Waals surface area contributed by atoms with Gasteiger partial charge in [0.05, 0.1) is 11.7 Å². The van der Waals surface area contributed by atoms with E-state index in [1.807, 2.05) is 6.20 Å². The largest absolute Gasteiger partial charge is 0.526 e. The third-order valence-electron chi connectivity index (χ3n) is 4.46. The SMILES string of the molecule is C[Si]1(C)Oc2cnc3c4ccccc4c4cccc1c4n23. The summed E-state index contributed by atoms with van der Waals surface area (Å²) in [5.74, 6) is 0.885. The lowest BCUT2D eigenvalue weighted by Crippen LogP contribution is -2.50. The summed E-state index contributed by atoms with van der Waals surface area (Å²) in [5.41, 5.74) is 2.27. The highest BCUT2D eigenvalue weighted by Crippen LogP contribution is 2.35. The van der Waals surface area contributed by atoms with Gasteiger partial charge < -0.3 is 4.43 Å². The molecule has 21 heavy (non-hydrogen) atoms. The molecule has 4 aromatic rings. The van der Waals surface area contributed by atoms with Crippen molar-refractivity contribution in [2.24, 2.45) is 0 Å². The molecule has 4 heteroatoms. The Bertz CT molecular complexity index is 1050. The van der Waals surface area contributed by atoms with Gasteiger partial charge in [-0.1, -0.05) is 42.5 Å². The molecule has 0 radical (unpaired) electrons. The first-order valence-electron chi connectivity index (χ1n) is 7.17. The van der Waals surface area contributed by atoms with E-state index in [1.54, 1.807) is 0 Å². The van der Waals surface area contributed by atoms with Crippen molar-refractivity contribution in [3.8, 4) is 5.88 Å². The van der Waals surface area contributed by atoms with Crippen LogP contribution in [0.3, 0.4) is 0 Å². The monoisotopic (exact) mass is 290 g/mol. The molecule has 5 rings (SSSR count). The highest BCUT2D eigenvalue weighted by molar-refractivity contribution is 6.87. The van der Waals surface area contributed by atoms with Gasteiger partial charge in [0.25, 0.3) is 8.32 Å². The van der Waals surface area contributed by atoms with Crippen molar-refractivity contribution >= 4 is 40.8 Å². The van der Waals surface area contributed by atoms with Crippen LogP contribution in [0, 0.1) is 0 Å². The van der Waals surface area contributed by atoms with Crippen LogP contribution in [0.15, 0.2) is 48.7 Å². The number of nitrogens with zero attached hydrogens (tertiary/aromatic N) is 2. The fourth-order valence-electron chi connectivity index (χ4n) is 3.53. The smallest absolute Gasteiger partial charge is 0.281 e. The Labute approximate surface area is 122 Å². The van der Waals surface area contributed by atoms with Crippen molar-refractivity contribution in [1.82, 2.24) is 9.38 Å². The van der Waals surface area contributed by atoms with Crippen LogP contribution in [0.1, 0.15) is 0 Å². The van der Waals surface area contributed by atoms with Crippen molar-refractivity contribution in [2.75, 3.05) is 0 Å². The minimum Gasteiger partial charge on any atom is -0.526 e. The van der Waals surface area contributed by atoms with Gasteiger partial charge in [-0.15, -0.1) is 0 Å². The minimum absolute atomic E-state index is 0.885. The van der Waals surface area contributed by atoms with Crippen molar-refractivity contribution in [3.05, 3.63) is 48.7 Å². The van der Waals surface area contributed by atoms with E-state index in [0.717, 1.165) is 11.5 Å². The first-order valence-corrected chi connectivity index (χ1v) is 10.1. The standard InChI is InChI=1S/C17H14N2OSi/c1-21(2)14-9-5-8-12-11-6-3-4-7-13(11)17-18-10-15(20-21)19(17)16(12)14/h3-10H,1-2H3. The molecule has 1 aliphatic heterocycles. The summed E-state index contributed by atoms with van der Waals surface area (Å²) in [6.07, 6.45) is 1.87. The Morgan fingerprint density at radius 3 is 2.57 bits per heavy atom. The number of aromatic nitrogens is 2.